The van der Waals surface area contributed by atoms with Crippen LogP contribution in [0.4, 0.5) is 0 Å². The zero-order valence-electron chi connectivity index (χ0n) is 12.5. The third kappa shape index (κ3) is 5.28. The van der Waals surface area contributed by atoms with E-state index in [-0.39, 0.29) is 23.7 Å². The Hall–Kier alpha value is -0.320. The van der Waals surface area contributed by atoms with Crippen LogP contribution in [0.1, 0.15) is 39.5 Å². The van der Waals surface area contributed by atoms with Gasteiger partial charge in [-0.05, 0) is 31.8 Å². The average Bonchev–Trinajstić information content (AvgIpc) is 2.41. The van der Waals surface area contributed by atoms with Crippen molar-refractivity contribution >= 4 is 18.3 Å². The summed E-state index contributed by atoms with van der Waals surface area (Å²) in [7, 11) is 1.68. The third-order valence-corrected chi connectivity index (χ3v) is 4.17. The predicted octanol–water partition coefficient (Wildman–Crippen LogP) is 1.98. The molecule has 5 heteroatoms. The Morgan fingerprint density at radius 2 is 1.89 bits per heavy atom. The normalized spacial score (nSPS) is 17.9. The molecule has 0 saturated carbocycles. The van der Waals surface area contributed by atoms with E-state index in [2.05, 4.69) is 24.5 Å². The molecule has 0 aromatic heterocycles. The standard InChI is InChI=1S/C14H28N2O2.ClH/c1-4-12(5-2)10-16-13(17)14(11-18-3)6-8-15-9-7-14;/h12,15H,4-11H2,1-3H3,(H,16,17);1H. The van der Waals surface area contributed by atoms with E-state index < -0.39 is 0 Å². The van der Waals surface area contributed by atoms with Crippen molar-refractivity contribution in [1.29, 1.82) is 0 Å². The van der Waals surface area contributed by atoms with Gasteiger partial charge < -0.3 is 15.4 Å². The van der Waals surface area contributed by atoms with E-state index in [1.54, 1.807) is 7.11 Å². The lowest BCUT2D eigenvalue weighted by molar-refractivity contribution is -0.136. The number of halogens is 1. The molecule has 0 aromatic rings. The van der Waals surface area contributed by atoms with Gasteiger partial charge in [-0.25, -0.2) is 0 Å². The molecule has 1 heterocycles. The number of hydrogen-bond acceptors (Lipinski definition) is 3. The minimum atomic E-state index is -0.313. The second kappa shape index (κ2) is 9.56. The van der Waals surface area contributed by atoms with Crippen LogP contribution in [0.2, 0.25) is 0 Å². The summed E-state index contributed by atoms with van der Waals surface area (Å²) in [5.74, 6) is 0.771. The van der Waals surface area contributed by atoms with E-state index in [4.69, 9.17) is 4.74 Å². The van der Waals surface area contributed by atoms with Crippen LogP contribution in [0.15, 0.2) is 0 Å². The molecule has 1 amide bonds. The highest BCUT2D eigenvalue weighted by Crippen LogP contribution is 2.29. The van der Waals surface area contributed by atoms with Crippen molar-refractivity contribution in [2.75, 3.05) is 33.4 Å². The topological polar surface area (TPSA) is 50.4 Å². The first-order valence-electron chi connectivity index (χ1n) is 7.16. The molecule has 1 saturated heterocycles. The molecule has 0 unspecified atom stereocenters. The van der Waals surface area contributed by atoms with Crippen LogP contribution < -0.4 is 10.6 Å². The summed E-state index contributed by atoms with van der Waals surface area (Å²) < 4.78 is 5.28. The Morgan fingerprint density at radius 1 is 1.32 bits per heavy atom. The molecule has 1 fully saturated rings. The summed E-state index contributed by atoms with van der Waals surface area (Å²) in [5, 5.41) is 6.44. The van der Waals surface area contributed by atoms with Gasteiger partial charge in [0, 0.05) is 13.7 Å². The van der Waals surface area contributed by atoms with Gasteiger partial charge in [0.2, 0.25) is 5.91 Å². The molecular formula is C14H29ClN2O2. The largest absolute Gasteiger partial charge is 0.384 e. The molecule has 0 aliphatic carbocycles. The maximum absolute atomic E-state index is 12.4. The molecule has 1 aliphatic heterocycles. The molecule has 2 N–H and O–H groups in total. The Kier molecular flexibility index (Phi) is 9.40. The summed E-state index contributed by atoms with van der Waals surface area (Å²) in [6.45, 7) is 7.49. The van der Waals surface area contributed by atoms with E-state index in [1.807, 2.05) is 0 Å². The first kappa shape index (κ1) is 18.7. The minimum Gasteiger partial charge on any atom is -0.384 e. The monoisotopic (exact) mass is 292 g/mol. The lowest BCUT2D eigenvalue weighted by Gasteiger charge is -2.35. The number of piperidine rings is 1. The van der Waals surface area contributed by atoms with Gasteiger partial charge in [0.05, 0.1) is 12.0 Å². The van der Waals surface area contributed by atoms with Crippen molar-refractivity contribution in [3.8, 4) is 0 Å². The van der Waals surface area contributed by atoms with E-state index in [1.165, 1.54) is 0 Å². The van der Waals surface area contributed by atoms with Gasteiger partial charge in [-0.3, -0.25) is 4.79 Å². The Labute approximate surface area is 123 Å². The quantitative estimate of drug-likeness (QED) is 0.754. The maximum Gasteiger partial charge on any atom is 0.228 e. The molecule has 0 radical (unpaired) electrons. The van der Waals surface area contributed by atoms with Gasteiger partial charge in [-0.1, -0.05) is 26.7 Å². The molecule has 4 nitrogen and oxygen atoms in total. The summed E-state index contributed by atoms with van der Waals surface area (Å²) in [5.41, 5.74) is -0.313. The summed E-state index contributed by atoms with van der Waals surface area (Å²) in [6.07, 6.45) is 3.98. The fourth-order valence-electron chi connectivity index (χ4n) is 2.62. The van der Waals surface area contributed by atoms with Crippen LogP contribution in [-0.4, -0.2) is 39.3 Å². The lowest BCUT2D eigenvalue weighted by Crippen LogP contribution is -2.50. The molecule has 19 heavy (non-hydrogen) atoms. The Balaban J connectivity index is 0.00000324. The molecule has 114 valence electrons. The molecule has 0 bridgehead atoms. The number of nitrogens with one attached hydrogen (secondary N) is 2. The van der Waals surface area contributed by atoms with Gasteiger partial charge in [0.1, 0.15) is 0 Å². The van der Waals surface area contributed by atoms with Crippen molar-refractivity contribution < 1.29 is 9.53 Å². The van der Waals surface area contributed by atoms with Crippen LogP contribution in [0, 0.1) is 11.3 Å². The first-order valence-corrected chi connectivity index (χ1v) is 7.16. The Morgan fingerprint density at radius 3 is 2.37 bits per heavy atom. The smallest absolute Gasteiger partial charge is 0.228 e. The zero-order chi connectivity index (χ0) is 13.4. The van der Waals surface area contributed by atoms with Crippen molar-refractivity contribution in [3.63, 3.8) is 0 Å². The van der Waals surface area contributed by atoms with Crippen LogP contribution in [-0.2, 0) is 9.53 Å². The summed E-state index contributed by atoms with van der Waals surface area (Å²) in [6, 6.07) is 0. The first-order chi connectivity index (χ1) is 8.68. The maximum atomic E-state index is 12.4. The van der Waals surface area contributed by atoms with Gasteiger partial charge in [-0.15, -0.1) is 12.4 Å². The van der Waals surface area contributed by atoms with Crippen LogP contribution >= 0.6 is 12.4 Å². The number of carbonyl (C=O) groups is 1. The number of rotatable bonds is 7. The Bertz CT molecular complexity index is 246. The van der Waals surface area contributed by atoms with Crippen LogP contribution in [0.5, 0.6) is 0 Å². The summed E-state index contributed by atoms with van der Waals surface area (Å²) in [4.78, 5) is 12.4. The van der Waals surface area contributed by atoms with Crippen molar-refractivity contribution in [3.05, 3.63) is 0 Å². The highest BCUT2D eigenvalue weighted by Gasteiger charge is 2.39. The SMILES string of the molecule is CCC(CC)CNC(=O)C1(COC)CCNCC1.Cl. The van der Waals surface area contributed by atoms with Crippen molar-refractivity contribution in [1.82, 2.24) is 10.6 Å². The molecule has 1 aliphatic rings. The molecular weight excluding hydrogens is 264 g/mol. The highest BCUT2D eigenvalue weighted by atomic mass is 35.5. The van der Waals surface area contributed by atoms with Crippen LogP contribution in [0.25, 0.3) is 0 Å². The van der Waals surface area contributed by atoms with E-state index in [0.717, 1.165) is 45.3 Å². The fourth-order valence-corrected chi connectivity index (χ4v) is 2.62. The second-order valence-electron chi connectivity index (χ2n) is 5.36. The van der Waals surface area contributed by atoms with Gasteiger partial charge >= 0.3 is 0 Å². The van der Waals surface area contributed by atoms with Crippen LogP contribution in [0.3, 0.4) is 0 Å². The van der Waals surface area contributed by atoms with Gasteiger partial charge in [0.25, 0.3) is 0 Å². The minimum absolute atomic E-state index is 0. The lowest BCUT2D eigenvalue weighted by atomic mass is 9.78. The van der Waals surface area contributed by atoms with E-state index in [0.29, 0.717) is 12.5 Å². The number of methoxy groups -OCH3 is 1. The third-order valence-electron chi connectivity index (χ3n) is 4.17. The molecule has 0 atom stereocenters. The number of hydrogen-bond donors (Lipinski definition) is 2. The van der Waals surface area contributed by atoms with Gasteiger partial charge in [-0.2, -0.15) is 0 Å². The highest BCUT2D eigenvalue weighted by molar-refractivity contribution is 5.85. The second-order valence-corrected chi connectivity index (χ2v) is 5.36. The zero-order valence-corrected chi connectivity index (χ0v) is 13.3. The number of carbonyl (C=O) groups excluding carboxylic acids is 1. The fraction of sp³-hybridized carbons (Fsp3) is 0.929. The van der Waals surface area contributed by atoms with E-state index in [9.17, 15) is 4.79 Å². The number of ether oxygens (including phenoxy) is 1. The van der Waals surface area contributed by atoms with Crippen molar-refractivity contribution in [2.24, 2.45) is 11.3 Å². The average molecular weight is 293 g/mol. The van der Waals surface area contributed by atoms with E-state index >= 15 is 0 Å². The molecule has 0 aromatic carbocycles. The van der Waals surface area contributed by atoms with Gasteiger partial charge in [0.15, 0.2) is 0 Å². The molecule has 0 spiro atoms. The summed E-state index contributed by atoms with van der Waals surface area (Å²) >= 11 is 0. The predicted molar refractivity (Wildman–Crippen MR) is 80.7 cm³/mol. The number of amides is 1. The molecule has 1 rings (SSSR count). The van der Waals surface area contributed by atoms with Crippen molar-refractivity contribution in [2.45, 2.75) is 39.5 Å².